The summed E-state index contributed by atoms with van der Waals surface area (Å²) in [6.45, 7) is -3.02. The van der Waals surface area contributed by atoms with Crippen LogP contribution in [0.1, 0.15) is 11.1 Å². The molecule has 0 fully saturated rings. The normalized spacial score (nSPS) is 10.8. The third kappa shape index (κ3) is 5.44. The Kier molecular flexibility index (Phi) is 6.90. The van der Waals surface area contributed by atoms with Gasteiger partial charge in [0.1, 0.15) is 0 Å². The van der Waals surface area contributed by atoms with Crippen molar-refractivity contribution in [3.63, 3.8) is 0 Å². The molecule has 0 saturated carbocycles. The first kappa shape index (κ1) is 19.2. The fourth-order valence-corrected chi connectivity index (χ4v) is 2.18. The molecule has 6 nitrogen and oxygen atoms in total. The summed E-state index contributed by atoms with van der Waals surface area (Å²) >= 11 is 0. The van der Waals surface area contributed by atoms with Gasteiger partial charge < -0.3 is 14.2 Å². The summed E-state index contributed by atoms with van der Waals surface area (Å²) in [6, 6.07) is 12.1. The quantitative estimate of drug-likeness (QED) is 0.578. The second-order valence-electron chi connectivity index (χ2n) is 5.09. The van der Waals surface area contributed by atoms with E-state index < -0.39 is 6.61 Å². The SMILES string of the molecule is COc1cc(/C=N/NC(=O)Cc2ccccc2)cc(OC)c1OC(F)F. The molecular formula is C18H18F2N2O4. The lowest BCUT2D eigenvalue weighted by molar-refractivity contribution is -0.120. The van der Waals surface area contributed by atoms with Crippen molar-refractivity contribution in [3.8, 4) is 17.2 Å². The van der Waals surface area contributed by atoms with Crippen LogP contribution in [0.2, 0.25) is 0 Å². The Morgan fingerprint density at radius 1 is 1.15 bits per heavy atom. The molecule has 2 rings (SSSR count). The van der Waals surface area contributed by atoms with Gasteiger partial charge in [0, 0.05) is 5.56 Å². The molecule has 138 valence electrons. The number of alkyl halides is 2. The number of halogens is 2. The summed E-state index contributed by atoms with van der Waals surface area (Å²) in [5.41, 5.74) is 3.73. The van der Waals surface area contributed by atoms with Gasteiger partial charge in [-0.15, -0.1) is 0 Å². The fraction of sp³-hybridized carbons (Fsp3) is 0.222. The van der Waals surface area contributed by atoms with E-state index >= 15 is 0 Å². The maximum Gasteiger partial charge on any atom is 0.387 e. The summed E-state index contributed by atoms with van der Waals surface area (Å²) in [4.78, 5) is 11.8. The average molecular weight is 364 g/mol. The molecule has 0 saturated heterocycles. The zero-order chi connectivity index (χ0) is 18.9. The summed E-state index contributed by atoms with van der Waals surface area (Å²) < 4.78 is 39.6. The Bertz CT molecular complexity index is 742. The number of methoxy groups -OCH3 is 2. The maximum atomic E-state index is 12.5. The fourth-order valence-electron chi connectivity index (χ4n) is 2.18. The van der Waals surface area contributed by atoms with Crippen LogP contribution in [0.3, 0.4) is 0 Å². The number of hydrogen-bond acceptors (Lipinski definition) is 5. The number of nitrogens with zero attached hydrogens (tertiary/aromatic N) is 1. The maximum absolute atomic E-state index is 12.5. The first-order valence-electron chi connectivity index (χ1n) is 7.60. The summed E-state index contributed by atoms with van der Waals surface area (Å²) in [7, 11) is 2.63. The smallest absolute Gasteiger partial charge is 0.387 e. The van der Waals surface area contributed by atoms with Crippen molar-refractivity contribution in [1.82, 2.24) is 5.43 Å². The molecule has 0 atom stereocenters. The number of benzene rings is 2. The molecule has 0 heterocycles. The Morgan fingerprint density at radius 2 is 1.77 bits per heavy atom. The zero-order valence-electron chi connectivity index (χ0n) is 14.2. The molecule has 0 radical (unpaired) electrons. The molecule has 1 amide bonds. The van der Waals surface area contributed by atoms with Crippen LogP contribution in [0.15, 0.2) is 47.6 Å². The Morgan fingerprint density at radius 3 is 2.31 bits per heavy atom. The number of rotatable bonds is 8. The number of nitrogens with one attached hydrogen (secondary N) is 1. The van der Waals surface area contributed by atoms with Crippen molar-refractivity contribution in [2.75, 3.05) is 14.2 Å². The van der Waals surface area contributed by atoms with Gasteiger partial charge in [-0.05, 0) is 17.7 Å². The van der Waals surface area contributed by atoms with E-state index in [-0.39, 0.29) is 29.6 Å². The third-order valence-corrected chi connectivity index (χ3v) is 3.30. The molecule has 0 aliphatic heterocycles. The molecule has 2 aromatic rings. The predicted octanol–water partition coefficient (Wildman–Crippen LogP) is 3.00. The summed E-state index contributed by atoms with van der Waals surface area (Å²) in [5, 5.41) is 3.85. The van der Waals surface area contributed by atoms with E-state index in [9.17, 15) is 13.6 Å². The topological polar surface area (TPSA) is 69.2 Å². The van der Waals surface area contributed by atoms with Crippen LogP contribution in [0, 0.1) is 0 Å². The number of amides is 1. The molecule has 1 N–H and O–H groups in total. The minimum atomic E-state index is -3.02. The first-order valence-corrected chi connectivity index (χ1v) is 7.60. The Hall–Kier alpha value is -3.16. The highest BCUT2D eigenvalue weighted by molar-refractivity contribution is 5.85. The predicted molar refractivity (Wildman–Crippen MR) is 92.1 cm³/mol. The van der Waals surface area contributed by atoms with Crippen molar-refractivity contribution < 1.29 is 27.8 Å². The number of ether oxygens (including phenoxy) is 3. The molecular weight excluding hydrogens is 346 g/mol. The number of hydrazone groups is 1. The van der Waals surface area contributed by atoms with Gasteiger partial charge in [-0.25, -0.2) is 5.43 Å². The van der Waals surface area contributed by atoms with Gasteiger partial charge in [-0.2, -0.15) is 13.9 Å². The van der Waals surface area contributed by atoms with Gasteiger partial charge in [0.05, 0.1) is 26.9 Å². The van der Waals surface area contributed by atoms with Crippen LogP contribution in [0.25, 0.3) is 0 Å². The minimum Gasteiger partial charge on any atom is -0.493 e. The standard InChI is InChI=1S/C18H18F2N2O4/c1-24-14-8-13(9-15(25-2)17(14)26-18(19)20)11-21-22-16(23)10-12-6-4-3-5-7-12/h3-9,11,18H,10H2,1-2H3,(H,22,23)/b21-11+. The van der Waals surface area contributed by atoms with Gasteiger partial charge >= 0.3 is 6.61 Å². The number of carbonyl (C=O) groups is 1. The Labute approximate surface area is 149 Å². The average Bonchev–Trinajstić information content (AvgIpc) is 2.62. The van der Waals surface area contributed by atoms with Crippen molar-refractivity contribution in [3.05, 3.63) is 53.6 Å². The zero-order valence-corrected chi connectivity index (χ0v) is 14.2. The van der Waals surface area contributed by atoms with E-state index in [0.29, 0.717) is 5.56 Å². The molecule has 0 aliphatic carbocycles. The van der Waals surface area contributed by atoms with Gasteiger partial charge in [0.15, 0.2) is 11.5 Å². The monoisotopic (exact) mass is 364 g/mol. The molecule has 0 unspecified atom stereocenters. The highest BCUT2D eigenvalue weighted by Gasteiger charge is 2.17. The van der Waals surface area contributed by atoms with Crippen LogP contribution >= 0.6 is 0 Å². The van der Waals surface area contributed by atoms with Gasteiger partial charge in [0.2, 0.25) is 11.7 Å². The van der Waals surface area contributed by atoms with Crippen molar-refractivity contribution in [1.29, 1.82) is 0 Å². The van der Waals surface area contributed by atoms with Crippen molar-refractivity contribution >= 4 is 12.1 Å². The molecule has 8 heteroatoms. The molecule has 0 spiro atoms. The lowest BCUT2D eigenvalue weighted by Crippen LogP contribution is -2.19. The third-order valence-electron chi connectivity index (χ3n) is 3.30. The highest BCUT2D eigenvalue weighted by atomic mass is 19.3. The molecule has 0 aliphatic rings. The van der Waals surface area contributed by atoms with Gasteiger partial charge in [0.25, 0.3) is 0 Å². The van der Waals surface area contributed by atoms with Crippen LogP contribution < -0.4 is 19.6 Å². The van der Waals surface area contributed by atoms with Crippen LogP contribution in [0.5, 0.6) is 17.2 Å². The second-order valence-corrected chi connectivity index (χ2v) is 5.09. The van der Waals surface area contributed by atoms with E-state index in [1.165, 1.54) is 32.6 Å². The summed E-state index contributed by atoms with van der Waals surface area (Å²) in [6.07, 6.45) is 1.53. The minimum absolute atomic E-state index is 0.0571. The van der Waals surface area contributed by atoms with Gasteiger partial charge in [-0.3, -0.25) is 4.79 Å². The van der Waals surface area contributed by atoms with E-state index in [0.717, 1.165) is 5.56 Å². The largest absolute Gasteiger partial charge is 0.493 e. The summed E-state index contributed by atoms with van der Waals surface area (Å²) in [5.74, 6) is -0.386. The van der Waals surface area contributed by atoms with Crippen molar-refractivity contribution in [2.45, 2.75) is 13.0 Å². The molecule has 0 aromatic heterocycles. The van der Waals surface area contributed by atoms with Crippen LogP contribution in [-0.2, 0) is 11.2 Å². The second kappa shape index (κ2) is 9.36. The van der Waals surface area contributed by atoms with Crippen LogP contribution in [-0.4, -0.2) is 33.0 Å². The molecule has 2 aromatic carbocycles. The molecule has 0 bridgehead atoms. The van der Waals surface area contributed by atoms with E-state index in [2.05, 4.69) is 15.3 Å². The van der Waals surface area contributed by atoms with E-state index in [4.69, 9.17) is 9.47 Å². The first-order chi connectivity index (χ1) is 12.5. The highest BCUT2D eigenvalue weighted by Crippen LogP contribution is 2.39. The lowest BCUT2D eigenvalue weighted by Gasteiger charge is -2.14. The van der Waals surface area contributed by atoms with Gasteiger partial charge in [-0.1, -0.05) is 30.3 Å². The van der Waals surface area contributed by atoms with Crippen LogP contribution in [0.4, 0.5) is 8.78 Å². The van der Waals surface area contributed by atoms with E-state index in [1.54, 1.807) is 0 Å². The van der Waals surface area contributed by atoms with Crippen molar-refractivity contribution in [2.24, 2.45) is 5.10 Å². The number of carbonyl (C=O) groups excluding carboxylic acids is 1. The lowest BCUT2D eigenvalue weighted by atomic mass is 10.1. The Balaban J connectivity index is 2.08. The number of hydrogen-bond donors (Lipinski definition) is 1. The van der Waals surface area contributed by atoms with E-state index in [1.807, 2.05) is 30.3 Å². The molecule has 26 heavy (non-hydrogen) atoms.